The molecule has 0 radical (unpaired) electrons. The first kappa shape index (κ1) is 14.1. The van der Waals surface area contributed by atoms with Crippen molar-refractivity contribution in [3.63, 3.8) is 0 Å². The third kappa shape index (κ3) is 4.09. The first-order chi connectivity index (χ1) is 9.79. The lowest BCUT2D eigenvalue weighted by atomic mass is 9.98. The summed E-state index contributed by atoms with van der Waals surface area (Å²) in [7, 11) is 1.40. The molecule has 2 aromatic rings. The number of benzene rings is 2. The molecule has 0 saturated heterocycles. The summed E-state index contributed by atoms with van der Waals surface area (Å²) in [6.45, 7) is 0. The number of methoxy groups -OCH3 is 1. The molecule has 2 nitrogen and oxygen atoms in total. The van der Waals surface area contributed by atoms with Crippen LogP contribution >= 0.6 is 0 Å². The van der Waals surface area contributed by atoms with Gasteiger partial charge in [-0.2, -0.15) is 0 Å². The number of carbonyl (C=O) groups excluding carboxylic acids is 1. The number of hydrogen-bond donors (Lipinski definition) is 0. The highest BCUT2D eigenvalue weighted by Gasteiger charge is 2.05. The van der Waals surface area contributed by atoms with E-state index in [1.54, 1.807) is 6.08 Å². The Kier molecular flexibility index (Phi) is 5.13. The average molecular weight is 266 g/mol. The molecule has 2 heteroatoms. The monoisotopic (exact) mass is 266 g/mol. The molecule has 0 amide bonds. The molecule has 2 aromatic carbocycles. The predicted molar refractivity (Wildman–Crippen MR) is 81.2 cm³/mol. The predicted octanol–water partition coefficient (Wildman–Crippen LogP) is 3.88. The first-order valence-electron chi connectivity index (χ1n) is 6.67. The van der Waals surface area contributed by atoms with E-state index in [1.165, 1.54) is 12.7 Å². The van der Waals surface area contributed by atoms with E-state index in [0.717, 1.165) is 24.0 Å². The Balaban J connectivity index is 2.16. The zero-order chi connectivity index (χ0) is 14.2. The molecular formula is C18H18O2. The third-order valence-corrected chi connectivity index (χ3v) is 3.16. The number of aryl methyl sites for hydroxylation is 1. The Morgan fingerprint density at radius 3 is 2.20 bits per heavy atom. The van der Waals surface area contributed by atoms with E-state index in [0.29, 0.717) is 0 Å². The van der Waals surface area contributed by atoms with Crippen molar-refractivity contribution >= 4 is 11.5 Å². The van der Waals surface area contributed by atoms with Crippen LogP contribution in [-0.4, -0.2) is 13.1 Å². The standard InChI is InChI=1S/C18H18O2/c1-20-18(19)14-17(16-10-6-3-7-11-16)13-12-15-8-4-2-5-9-15/h2-11,14H,12-13H2,1H3/b17-14-. The van der Waals surface area contributed by atoms with Crippen molar-refractivity contribution in [2.45, 2.75) is 12.8 Å². The summed E-state index contributed by atoms with van der Waals surface area (Å²) in [5.74, 6) is -0.308. The van der Waals surface area contributed by atoms with Crippen LogP contribution in [-0.2, 0) is 16.0 Å². The Morgan fingerprint density at radius 2 is 1.60 bits per heavy atom. The van der Waals surface area contributed by atoms with Gasteiger partial charge in [-0.3, -0.25) is 0 Å². The molecule has 2 rings (SSSR count). The normalized spacial score (nSPS) is 11.2. The van der Waals surface area contributed by atoms with E-state index < -0.39 is 0 Å². The smallest absolute Gasteiger partial charge is 0.330 e. The van der Waals surface area contributed by atoms with Gasteiger partial charge in [0, 0.05) is 6.08 Å². The summed E-state index contributed by atoms with van der Waals surface area (Å²) < 4.78 is 4.74. The van der Waals surface area contributed by atoms with Crippen molar-refractivity contribution in [3.8, 4) is 0 Å². The number of esters is 1. The highest BCUT2D eigenvalue weighted by molar-refractivity contribution is 5.91. The molecular weight excluding hydrogens is 248 g/mol. The van der Waals surface area contributed by atoms with E-state index in [2.05, 4.69) is 12.1 Å². The summed E-state index contributed by atoms with van der Waals surface area (Å²) in [5.41, 5.74) is 3.33. The first-order valence-corrected chi connectivity index (χ1v) is 6.67. The molecule has 0 fully saturated rings. The van der Waals surface area contributed by atoms with Crippen LogP contribution < -0.4 is 0 Å². The van der Waals surface area contributed by atoms with Crippen LogP contribution in [0, 0.1) is 0 Å². The molecule has 0 bridgehead atoms. The van der Waals surface area contributed by atoms with Crippen molar-refractivity contribution in [2.75, 3.05) is 7.11 Å². The van der Waals surface area contributed by atoms with Crippen LogP contribution in [0.25, 0.3) is 5.57 Å². The number of carbonyl (C=O) groups is 1. The second-order valence-electron chi connectivity index (χ2n) is 4.54. The molecule has 0 heterocycles. The van der Waals surface area contributed by atoms with Crippen LogP contribution in [0.3, 0.4) is 0 Å². The van der Waals surface area contributed by atoms with Gasteiger partial charge < -0.3 is 4.74 Å². The van der Waals surface area contributed by atoms with Gasteiger partial charge in [-0.05, 0) is 29.5 Å². The average Bonchev–Trinajstić information content (AvgIpc) is 2.53. The van der Waals surface area contributed by atoms with Crippen molar-refractivity contribution < 1.29 is 9.53 Å². The Hall–Kier alpha value is -2.35. The molecule has 0 saturated carbocycles. The van der Waals surface area contributed by atoms with E-state index in [9.17, 15) is 4.79 Å². The molecule has 0 N–H and O–H groups in total. The van der Waals surface area contributed by atoms with Gasteiger partial charge >= 0.3 is 5.97 Å². The minimum Gasteiger partial charge on any atom is -0.466 e. The van der Waals surface area contributed by atoms with Crippen molar-refractivity contribution in [1.82, 2.24) is 0 Å². The van der Waals surface area contributed by atoms with E-state index in [1.807, 2.05) is 48.5 Å². The SMILES string of the molecule is COC(=O)/C=C(/CCc1ccccc1)c1ccccc1. The molecule has 0 atom stereocenters. The minimum absolute atomic E-state index is 0.308. The minimum atomic E-state index is -0.308. The van der Waals surface area contributed by atoms with Gasteiger partial charge in [0.25, 0.3) is 0 Å². The summed E-state index contributed by atoms with van der Waals surface area (Å²) in [6.07, 6.45) is 3.29. The fourth-order valence-electron chi connectivity index (χ4n) is 2.08. The fraction of sp³-hybridized carbons (Fsp3) is 0.167. The van der Waals surface area contributed by atoms with Gasteiger partial charge in [-0.1, -0.05) is 60.7 Å². The van der Waals surface area contributed by atoms with E-state index in [4.69, 9.17) is 4.74 Å². The Labute approximate surface area is 119 Å². The summed E-state index contributed by atoms with van der Waals surface area (Å²) in [4.78, 5) is 11.5. The van der Waals surface area contributed by atoms with Crippen LogP contribution in [0.4, 0.5) is 0 Å². The van der Waals surface area contributed by atoms with Crippen molar-refractivity contribution in [1.29, 1.82) is 0 Å². The van der Waals surface area contributed by atoms with Crippen LogP contribution in [0.2, 0.25) is 0 Å². The van der Waals surface area contributed by atoms with Gasteiger partial charge in [0.05, 0.1) is 7.11 Å². The van der Waals surface area contributed by atoms with Crippen LogP contribution in [0.15, 0.2) is 66.7 Å². The van der Waals surface area contributed by atoms with Gasteiger partial charge in [-0.25, -0.2) is 4.79 Å². The largest absolute Gasteiger partial charge is 0.466 e. The summed E-state index contributed by atoms with van der Waals surface area (Å²) in [6, 6.07) is 20.2. The van der Waals surface area contributed by atoms with Crippen molar-refractivity contribution in [3.05, 3.63) is 77.9 Å². The molecule has 0 aromatic heterocycles. The lowest BCUT2D eigenvalue weighted by molar-refractivity contribution is -0.134. The third-order valence-electron chi connectivity index (χ3n) is 3.16. The molecule has 20 heavy (non-hydrogen) atoms. The summed E-state index contributed by atoms with van der Waals surface area (Å²) in [5, 5.41) is 0. The second kappa shape index (κ2) is 7.29. The lowest BCUT2D eigenvalue weighted by Crippen LogP contribution is -1.98. The van der Waals surface area contributed by atoms with E-state index in [-0.39, 0.29) is 5.97 Å². The molecule has 0 unspecified atom stereocenters. The van der Waals surface area contributed by atoms with Gasteiger partial charge in [0.1, 0.15) is 0 Å². The quantitative estimate of drug-likeness (QED) is 0.606. The molecule has 0 aliphatic carbocycles. The number of ether oxygens (including phenoxy) is 1. The van der Waals surface area contributed by atoms with Gasteiger partial charge in [0.2, 0.25) is 0 Å². The molecule has 0 spiro atoms. The lowest BCUT2D eigenvalue weighted by Gasteiger charge is -2.08. The maximum absolute atomic E-state index is 11.5. The maximum Gasteiger partial charge on any atom is 0.330 e. The van der Waals surface area contributed by atoms with Gasteiger partial charge in [-0.15, -0.1) is 0 Å². The fourth-order valence-corrected chi connectivity index (χ4v) is 2.08. The molecule has 0 aliphatic heterocycles. The van der Waals surface area contributed by atoms with Gasteiger partial charge in [0.15, 0.2) is 0 Å². The maximum atomic E-state index is 11.5. The number of allylic oxidation sites excluding steroid dienone is 1. The number of rotatable bonds is 5. The van der Waals surface area contributed by atoms with Crippen LogP contribution in [0.5, 0.6) is 0 Å². The van der Waals surface area contributed by atoms with E-state index >= 15 is 0 Å². The van der Waals surface area contributed by atoms with Crippen molar-refractivity contribution in [2.24, 2.45) is 0 Å². The molecule has 102 valence electrons. The van der Waals surface area contributed by atoms with Crippen LogP contribution in [0.1, 0.15) is 17.5 Å². The number of hydrogen-bond acceptors (Lipinski definition) is 2. The highest BCUT2D eigenvalue weighted by atomic mass is 16.5. The highest BCUT2D eigenvalue weighted by Crippen LogP contribution is 2.20. The second-order valence-corrected chi connectivity index (χ2v) is 4.54. The summed E-state index contributed by atoms with van der Waals surface area (Å²) >= 11 is 0. The zero-order valence-corrected chi connectivity index (χ0v) is 11.6. The zero-order valence-electron chi connectivity index (χ0n) is 11.6. The topological polar surface area (TPSA) is 26.3 Å². The Morgan fingerprint density at radius 1 is 1.00 bits per heavy atom. The Bertz CT molecular complexity index is 571. The molecule has 0 aliphatic rings.